The maximum Gasteiger partial charge on any atom is 0.326 e. The van der Waals surface area contributed by atoms with Gasteiger partial charge in [-0.15, -0.1) is 0 Å². The Hall–Kier alpha value is -0.700. The smallest absolute Gasteiger partial charge is 0.304 e. The summed E-state index contributed by atoms with van der Waals surface area (Å²) in [5.41, 5.74) is -1.42. The molecule has 78 valence electrons. The van der Waals surface area contributed by atoms with Gasteiger partial charge in [-0.2, -0.15) is 0 Å². The van der Waals surface area contributed by atoms with Crippen LogP contribution in [0.2, 0.25) is 0 Å². The fourth-order valence-corrected chi connectivity index (χ4v) is 2.28. The van der Waals surface area contributed by atoms with Crippen molar-refractivity contribution in [3.8, 4) is 0 Å². The molecular formula is C8H3BrFIN2O2. The van der Waals surface area contributed by atoms with E-state index >= 15 is 0 Å². The predicted octanol–water partition coefficient (Wildman–Crippen LogP) is 1.72. The topological polar surface area (TPSA) is 65.7 Å². The maximum absolute atomic E-state index is 13.4. The number of nitrogens with one attached hydrogen (secondary N) is 2. The Kier molecular flexibility index (Phi) is 2.67. The van der Waals surface area contributed by atoms with Crippen molar-refractivity contribution in [1.29, 1.82) is 0 Å². The largest absolute Gasteiger partial charge is 0.326 e. The highest BCUT2D eigenvalue weighted by Crippen LogP contribution is 2.26. The average Bonchev–Trinajstić information content (AvgIpc) is 2.13. The first-order valence-electron chi connectivity index (χ1n) is 3.80. The van der Waals surface area contributed by atoms with Crippen molar-refractivity contribution >= 4 is 49.4 Å². The minimum atomic E-state index is -0.723. The van der Waals surface area contributed by atoms with Crippen LogP contribution in [0.1, 0.15) is 0 Å². The van der Waals surface area contributed by atoms with Crippen molar-refractivity contribution < 1.29 is 4.39 Å². The van der Waals surface area contributed by atoms with E-state index in [9.17, 15) is 14.0 Å². The van der Waals surface area contributed by atoms with Gasteiger partial charge in [-0.3, -0.25) is 9.78 Å². The molecule has 1 aromatic heterocycles. The summed E-state index contributed by atoms with van der Waals surface area (Å²) in [4.78, 5) is 26.7. The summed E-state index contributed by atoms with van der Waals surface area (Å²) >= 11 is 5.07. The summed E-state index contributed by atoms with van der Waals surface area (Å²) in [6.07, 6.45) is 0. The summed E-state index contributed by atoms with van der Waals surface area (Å²) in [6, 6.07) is 1.24. The zero-order chi connectivity index (χ0) is 11.2. The highest BCUT2D eigenvalue weighted by atomic mass is 127. The quantitative estimate of drug-likeness (QED) is 0.536. The number of fused-ring (bicyclic) bond motifs is 1. The minimum absolute atomic E-state index is 0.0870. The summed E-state index contributed by atoms with van der Waals surface area (Å²) in [5, 5.41) is 0.110. The van der Waals surface area contributed by atoms with Gasteiger partial charge >= 0.3 is 5.69 Å². The van der Waals surface area contributed by atoms with Crippen molar-refractivity contribution in [3.63, 3.8) is 0 Å². The number of aromatic nitrogens is 2. The third-order valence-electron chi connectivity index (χ3n) is 1.86. The Morgan fingerprint density at radius 3 is 2.67 bits per heavy atom. The lowest BCUT2D eigenvalue weighted by atomic mass is 10.2. The molecule has 0 fully saturated rings. The van der Waals surface area contributed by atoms with Gasteiger partial charge in [0.2, 0.25) is 0 Å². The molecule has 7 heteroatoms. The van der Waals surface area contributed by atoms with E-state index in [1.807, 2.05) is 27.6 Å². The van der Waals surface area contributed by atoms with Crippen LogP contribution in [0, 0.1) is 9.39 Å². The maximum atomic E-state index is 13.4. The number of aromatic amines is 2. The molecule has 0 spiro atoms. The van der Waals surface area contributed by atoms with Crippen LogP contribution in [0.4, 0.5) is 4.39 Å². The lowest BCUT2D eigenvalue weighted by Gasteiger charge is -2.02. The van der Waals surface area contributed by atoms with E-state index in [1.54, 1.807) is 0 Å². The number of H-pyrrole nitrogens is 2. The molecule has 0 unspecified atom stereocenters. The van der Waals surface area contributed by atoms with Crippen molar-refractivity contribution in [2.45, 2.75) is 0 Å². The molecule has 0 amide bonds. The molecule has 4 nitrogen and oxygen atoms in total. The fourth-order valence-electron chi connectivity index (χ4n) is 1.24. The van der Waals surface area contributed by atoms with E-state index in [0.717, 1.165) is 0 Å². The number of halogens is 3. The Labute approximate surface area is 104 Å². The summed E-state index contributed by atoms with van der Waals surface area (Å²) in [5.74, 6) is -0.624. The van der Waals surface area contributed by atoms with Crippen LogP contribution in [0.25, 0.3) is 10.9 Å². The van der Waals surface area contributed by atoms with Crippen LogP contribution in [-0.2, 0) is 0 Å². The molecule has 0 saturated heterocycles. The van der Waals surface area contributed by atoms with Gasteiger partial charge in [0.15, 0.2) is 0 Å². The first kappa shape index (κ1) is 10.8. The molecule has 2 rings (SSSR count). The molecule has 0 saturated carbocycles. The third-order valence-corrected chi connectivity index (χ3v) is 4.28. The molecule has 15 heavy (non-hydrogen) atoms. The first-order valence-corrected chi connectivity index (χ1v) is 5.67. The number of benzene rings is 1. The van der Waals surface area contributed by atoms with E-state index in [0.29, 0.717) is 8.04 Å². The lowest BCUT2D eigenvalue weighted by Crippen LogP contribution is -2.22. The molecule has 2 aromatic rings. The second-order valence-corrected chi connectivity index (χ2v) is 4.77. The SMILES string of the molecule is O=c1[nH]c(=O)c2c(Br)c(I)cc(F)c2[nH]1. The van der Waals surface area contributed by atoms with E-state index in [-0.39, 0.29) is 10.9 Å². The van der Waals surface area contributed by atoms with Crippen molar-refractivity contribution in [2.75, 3.05) is 0 Å². The van der Waals surface area contributed by atoms with E-state index in [1.165, 1.54) is 6.07 Å². The van der Waals surface area contributed by atoms with Gasteiger partial charge in [-0.25, -0.2) is 9.18 Å². The highest BCUT2D eigenvalue weighted by molar-refractivity contribution is 14.1. The second-order valence-electron chi connectivity index (χ2n) is 2.81. The molecule has 0 radical (unpaired) electrons. The number of hydrogen-bond donors (Lipinski definition) is 2. The molecule has 2 N–H and O–H groups in total. The predicted molar refractivity (Wildman–Crippen MR) is 65.6 cm³/mol. The zero-order valence-corrected chi connectivity index (χ0v) is 10.8. The molecule has 0 aliphatic heterocycles. The standard InChI is InChI=1S/C8H3BrFIN2O2/c9-5-3(11)1-2(10)6-4(5)7(14)13-8(15)12-6/h1H,(H2,12,13,14,15). The van der Waals surface area contributed by atoms with Gasteiger partial charge < -0.3 is 4.98 Å². The first-order chi connectivity index (χ1) is 7.00. The van der Waals surface area contributed by atoms with Gasteiger partial charge in [0.25, 0.3) is 5.56 Å². The van der Waals surface area contributed by atoms with Gasteiger partial charge in [-0.05, 0) is 44.6 Å². The van der Waals surface area contributed by atoms with Gasteiger partial charge in [0.05, 0.1) is 10.9 Å². The summed E-state index contributed by atoms with van der Waals surface area (Å²) in [7, 11) is 0. The number of rotatable bonds is 0. The van der Waals surface area contributed by atoms with Crippen LogP contribution in [0.15, 0.2) is 20.1 Å². The number of hydrogen-bond acceptors (Lipinski definition) is 2. The average molecular weight is 385 g/mol. The van der Waals surface area contributed by atoms with Crippen LogP contribution in [0.3, 0.4) is 0 Å². The van der Waals surface area contributed by atoms with Crippen molar-refractivity contribution in [2.24, 2.45) is 0 Å². The Bertz CT molecular complexity index is 664. The summed E-state index contributed by atoms with van der Waals surface area (Å²) in [6.45, 7) is 0. The highest BCUT2D eigenvalue weighted by Gasteiger charge is 2.12. The van der Waals surface area contributed by atoms with Crippen LogP contribution in [0.5, 0.6) is 0 Å². The minimum Gasteiger partial charge on any atom is -0.304 e. The van der Waals surface area contributed by atoms with Crippen LogP contribution < -0.4 is 11.2 Å². The molecule has 0 aliphatic rings. The molecule has 1 aromatic carbocycles. The molecule has 1 heterocycles. The van der Waals surface area contributed by atoms with E-state index < -0.39 is 17.1 Å². The second kappa shape index (κ2) is 3.71. The zero-order valence-electron chi connectivity index (χ0n) is 7.03. The normalized spacial score (nSPS) is 10.9. The lowest BCUT2D eigenvalue weighted by molar-refractivity contribution is 0.634. The Morgan fingerprint density at radius 1 is 1.33 bits per heavy atom. The molecule has 0 bridgehead atoms. The van der Waals surface area contributed by atoms with Gasteiger partial charge in [-0.1, -0.05) is 0 Å². The van der Waals surface area contributed by atoms with Gasteiger partial charge in [0.1, 0.15) is 5.82 Å². The Morgan fingerprint density at radius 2 is 2.00 bits per heavy atom. The molecule has 0 aliphatic carbocycles. The Balaban J connectivity index is 3.17. The molecule has 0 atom stereocenters. The molecular weight excluding hydrogens is 382 g/mol. The van der Waals surface area contributed by atoms with Crippen molar-refractivity contribution in [1.82, 2.24) is 9.97 Å². The van der Waals surface area contributed by atoms with Gasteiger partial charge in [0, 0.05) is 8.04 Å². The van der Waals surface area contributed by atoms with Crippen molar-refractivity contribution in [3.05, 3.63) is 40.8 Å². The fraction of sp³-hybridized carbons (Fsp3) is 0. The monoisotopic (exact) mass is 384 g/mol. The van der Waals surface area contributed by atoms with Crippen LogP contribution in [-0.4, -0.2) is 9.97 Å². The van der Waals surface area contributed by atoms with E-state index in [4.69, 9.17) is 0 Å². The summed E-state index contributed by atoms with van der Waals surface area (Å²) < 4.78 is 14.5. The van der Waals surface area contributed by atoms with E-state index in [2.05, 4.69) is 20.9 Å². The van der Waals surface area contributed by atoms with Crippen LogP contribution >= 0.6 is 38.5 Å². The third kappa shape index (κ3) is 1.73.